The molecule has 8 nitrogen and oxygen atoms in total. The summed E-state index contributed by atoms with van der Waals surface area (Å²) in [6, 6.07) is 28.8. The highest BCUT2D eigenvalue weighted by atomic mass is 16.2. The number of rotatable bonds is 8. The third-order valence-electron chi connectivity index (χ3n) is 6.37. The van der Waals surface area contributed by atoms with Gasteiger partial charge in [0.15, 0.2) is 0 Å². The van der Waals surface area contributed by atoms with Gasteiger partial charge in [-0.15, -0.1) is 0 Å². The molecule has 2 N–H and O–H groups in total. The summed E-state index contributed by atoms with van der Waals surface area (Å²) < 4.78 is 0. The molecule has 0 unspecified atom stereocenters. The van der Waals surface area contributed by atoms with Gasteiger partial charge < -0.3 is 20.4 Å². The Kier molecular flexibility index (Phi) is 8.49. The molecular formula is C32H33N5O3. The van der Waals surface area contributed by atoms with Crippen LogP contribution in [0.15, 0.2) is 97.1 Å². The van der Waals surface area contributed by atoms with Crippen LogP contribution in [0, 0.1) is 0 Å². The Morgan fingerprint density at radius 1 is 0.475 bits per heavy atom. The van der Waals surface area contributed by atoms with Crippen LogP contribution < -0.4 is 25.3 Å². The standard InChI is InChI=1S/C32H33N5O3/c1-22(38)37(29-18-10-25(11-19-29)33-31(39)23-6-14-27(15-7-23)35(2)3)30-20-12-26(13-21-30)34-32(40)24-8-16-28(17-9-24)36(4)5/h6-21H,1-5H3,(H,33,39)(H,34,40). The van der Waals surface area contributed by atoms with Crippen molar-refractivity contribution in [2.75, 3.05) is 53.5 Å². The van der Waals surface area contributed by atoms with Crippen LogP contribution in [0.4, 0.5) is 34.1 Å². The van der Waals surface area contributed by atoms with Crippen LogP contribution >= 0.6 is 0 Å². The number of anilines is 6. The molecule has 0 aliphatic rings. The summed E-state index contributed by atoms with van der Waals surface area (Å²) in [5.74, 6) is -0.601. The summed E-state index contributed by atoms with van der Waals surface area (Å²) in [5, 5.41) is 5.78. The van der Waals surface area contributed by atoms with Gasteiger partial charge in [0.2, 0.25) is 5.91 Å². The van der Waals surface area contributed by atoms with Gasteiger partial charge in [0, 0.05) is 80.4 Å². The summed E-state index contributed by atoms with van der Waals surface area (Å²) in [6.45, 7) is 1.49. The molecule has 0 heterocycles. The Bertz CT molecular complexity index is 1370. The van der Waals surface area contributed by atoms with Crippen LogP contribution in [-0.2, 0) is 4.79 Å². The molecule has 0 bridgehead atoms. The number of carbonyl (C=O) groups is 3. The molecule has 40 heavy (non-hydrogen) atoms. The zero-order chi connectivity index (χ0) is 28.8. The molecule has 0 aromatic heterocycles. The predicted octanol–water partition coefficient (Wildman–Crippen LogP) is 6.01. The average molecular weight is 536 g/mol. The lowest BCUT2D eigenvalue weighted by molar-refractivity contribution is -0.115. The third kappa shape index (κ3) is 6.66. The summed E-state index contributed by atoms with van der Waals surface area (Å²) in [7, 11) is 7.78. The van der Waals surface area contributed by atoms with Crippen LogP contribution in [0.25, 0.3) is 0 Å². The molecule has 4 rings (SSSR count). The second kappa shape index (κ2) is 12.2. The Labute approximate surface area is 234 Å². The fourth-order valence-electron chi connectivity index (χ4n) is 4.13. The van der Waals surface area contributed by atoms with Crippen molar-refractivity contribution in [2.45, 2.75) is 6.92 Å². The number of hydrogen-bond acceptors (Lipinski definition) is 5. The summed E-state index contributed by atoms with van der Waals surface area (Å²) >= 11 is 0. The van der Waals surface area contributed by atoms with E-state index in [1.54, 1.807) is 77.7 Å². The molecule has 0 aliphatic carbocycles. The Morgan fingerprint density at radius 3 is 1.05 bits per heavy atom. The molecule has 0 aliphatic heterocycles. The second-order valence-corrected chi connectivity index (χ2v) is 9.74. The molecule has 8 heteroatoms. The molecule has 0 saturated carbocycles. The minimum absolute atomic E-state index is 0.171. The van der Waals surface area contributed by atoms with Crippen LogP contribution in [-0.4, -0.2) is 45.9 Å². The fraction of sp³-hybridized carbons (Fsp3) is 0.156. The highest BCUT2D eigenvalue weighted by Gasteiger charge is 2.15. The molecular weight excluding hydrogens is 502 g/mol. The minimum atomic E-state index is -0.215. The molecule has 0 atom stereocenters. The predicted molar refractivity (Wildman–Crippen MR) is 163 cm³/mol. The molecule has 0 saturated heterocycles. The number of amides is 3. The Hall–Kier alpha value is -5.11. The third-order valence-corrected chi connectivity index (χ3v) is 6.37. The van der Waals surface area contributed by atoms with E-state index < -0.39 is 0 Å². The highest BCUT2D eigenvalue weighted by molar-refractivity contribution is 6.06. The topological polar surface area (TPSA) is 85.0 Å². The largest absolute Gasteiger partial charge is 0.378 e. The van der Waals surface area contributed by atoms with Crippen LogP contribution in [0.1, 0.15) is 27.6 Å². The summed E-state index contributed by atoms with van der Waals surface area (Å²) in [5.41, 5.74) is 5.66. The number of nitrogens with one attached hydrogen (secondary N) is 2. The van der Waals surface area contributed by atoms with E-state index in [0.717, 1.165) is 11.4 Å². The van der Waals surface area contributed by atoms with Crippen LogP contribution in [0.5, 0.6) is 0 Å². The minimum Gasteiger partial charge on any atom is -0.378 e. The van der Waals surface area contributed by atoms with Gasteiger partial charge in [-0.25, -0.2) is 0 Å². The molecule has 204 valence electrons. The first-order chi connectivity index (χ1) is 19.1. The van der Waals surface area contributed by atoms with E-state index >= 15 is 0 Å². The number of hydrogen-bond donors (Lipinski definition) is 2. The van der Waals surface area contributed by atoms with Gasteiger partial charge in [-0.3, -0.25) is 19.3 Å². The summed E-state index contributed by atoms with van der Waals surface area (Å²) in [6.07, 6.45) is 0. The first kappa shape index (κ1) is 27.9. The van der Waals surface area contributed by atoms with Gasteiger partial charge in [0.25, 0.3) is 11.8 Å². The van der Waals surface area contributed by atoms with E-state index in [9.17, 15) is 14.4 Å². The molecule has 3 amide bonds. The van der Waals surface area contributed by atoms with Crippen molar-refractivity contribution in [1.29, 1.82) is 0 Å². The first-order valence-corrected chi connectivity index (χ1v) is 12.8. The van der Waals surface area contributed by atoms with Crippen molar-refractivity contribution < 1.29 is 14.4 Å². The Balaban J connectivity index is 1.42. The van der Waals surface area contributed by atoms with Crippen molar-refractivity contribution in [2.24, 2.45) is 0 Å². The SMILES string of the molecule is CC(=O)N(c1ccc(NC(=O)c2ccc(N(C)C)cc2)cc1)c1ccc(NC(=O)c2ccc(N(C)C)cc2)cc1. The van der Waals surface area contributed by atoms with Crippen molar-refractivity contribution in [1.82, 2.24) is 0 Å². The smallest absolute Gasteiger partial charge is 0.255 e. The van der Waals surface area contributed by atoms with E-state index in [4.69, 9.17) is 0 Å². The number of carbonyl (C=O) groups excluding carboxylic acids is 3. The van der Waals surface area contributed by atoms with Gasteiger partial charge in [0.1, 0.15) is 0 Å². The van der Waals surface area contributed by atoms with E-state index in [2.05, 4.69) is 10.6 Å². The van der Waals surface area contributed by atoms with Crippen molar-refractivity contribution in [3.8, 4) is 0 Å². The molecule has 0 spiro atoms. The van der Waals surface area contributed by atoms with Gasteiger partial charge >= 0.3 is 0 Å². The second-order valence-electron chi connectivity index (χ2n) is 9.74. The van der Waals surface area contributed by atoms with E-state index in [-0.39, 0.29) is 17.7 Å². The van der Waals surface area contributed by atoms with Gasteiger partial charge in [-0.2, -0.15) is 0 Å². The van der Waals surface area contributed by atoms with E-state index in [0.29, 0.717) is 33.9 Å². The van der Waals surface area contributed by atoms with Gasteiger partial charge in [-0.05, 0) is 97.1 Å². The molecule has 4 aromatic rings. The zero-order valence-corrected chi connectivity index (χ0v) is 23.3. The lowest BCUT2D eigenvalue weighted by atomic mass is 10.1. The fourth-order valence-corrected chi connectivity index (χ4v) is 4.13. The van der Waals surface area contributed by atoms with Gasteiger partial charge in [0.05, 0.1) is 0 Å². The summed E-state index contributed by atoms with van der Waals surface area (Å²) in [4.78, 5) is 43.4. The number of benzene rings is 4. The van der Waals surface area contributed by atoms with Crippen molar-refractivity contribution in [3.05, 3.63) is 108 Å². The molecule has 4 aromatic carbocycles. The monoisotopic (exact) mass is 535 g/mol. The van der Waals surface area contributed by atoms with Crippen LogP contribution in [0.3, 0.4) is 0 Å². The number of nitrogens with zero attached hydrogens (tertiary/aromatic N) is 3. The van der Waals surface area contributed by atoms with Crippen molar-refractivity contribution in [3.63, 3.8) is 0 Å². The normalized spacial score (nSPS) is 10.4. The molecule has 0 fully saturated rings. The lowest BCUT2D eigenvalue weighted by Gasteiger charge is -2.22. The maximum absolute atomic E-state index is 12.7. The van der Waals surface area contributed by atoms with E-state index in [1.807, 2.05) is 62.3 Å². The van der Waals surface area contributed by atoms with E-state index in [1.165, 1.54) is 6.92 Å². The first-order valence-electron chi connectivity index (χ1n) is 12.8. The zero-order valence-electron chi connectivity index (χ0n) is 23.3. The maximum Gasteiger partial charge on any atom is 0.255 e. The maximum atomic E-state index is 12.7. The average Bonchev–Trinajstić information content (AvgIpc) is 2.95. The highest BCUT2D eigenvalue weighted by Crippen LogP contribution is 2.28. The Morgan fingerprint density at radius 2 is 0.775 bits per heavy atom. The van der Waals surface area contributed by atoms with Crippen molar-refractivity contribution >= 4 is 51.8 Å². The quantitative estimate of drug-likeness (QED) is 0.289. The van der Waals surface area contributed by atoms with Gasteiger partial charge in [-0.1, -0.05) is 0 Å². The lowest BCUT2D eigenvalue weighted by Crippen LogP contribution is -2.22. The van der Waals surface area contributed by atoms with Crippen LogP contribution in [0.2, 0.25) is 0 Å². The molecule has 0 radical (unpaired) electrons.